The molecular formula is C27H35NO4. The fourth-order valence-corrected chi connectivity index (χ4v) is 4.69. The first-order chi connectivity index (χ1) is 15.4. The molecule has 1 fully saturated rings. The summed E-state index contributed by atoms with van der Waals surface area (Å²) in [6.45, 7) is 6.53. The maximum absolute atomic E-state index is 11.4. The van der Waals surface area contributed by atoms with Gasteiger partial charge in [0.05, 0.1) is 14.2 Å². The van der Waals surface area contributed by atoms with E-state index in [4.69, 9.17) is 9.47 Å². The van der Waals surface area contributed by atoms with Crippen LogP contribution in [0.3, 0.4) is 0 Å². The third-order valence-corrected chi connectivity index (χ3v) is 6.53. The summed E-state index contributed by atoms with van der Waals surface area (Å²) in [5.74, 6) is 1.21. The molecule has 172 valence electrons. The minimum absolute atomic E-state index is 0.244. The van der Waals surface area contributed by atoms with Gasteiger partial charge in [0.25, 0.3) is 0 Å². The Morgan fingerprint density at radius 2 is 1.66 bits per heavy atom. The van der Waals surface area contributed by atoms with Gasteiger partial charge in [-0.05, 0) is 63.3 Å². The standard InChI is InChI=1S/C27H35NO4/c1-17(27(29)30)15-23-18(2)26(32-5)24(19(3)25(23)31-4)21-11-13-22(14-12-21)28-16-20-9-7-6-8-10-20/h11-15,20,28H,6-10,16H2,1-5H3,(H,29,30). The van der Waals surface area contributed by atoms with Crippen LogP contribution in [-0.2, 0) is 4.79 Å². The Morgan fingerprint density at radius 1 is 1.03 bits per heavy atom. The lowest BCUT2D eigenvalue weighted by atomic mass is 9.89. The summed E-state index contributed by atoms with van der Waals surface area (Å²) in [4.78, 5) is 11.4. The first-order valence-electron chi connectivity index (χ1n) is 11.4. The van der Waals surface area contributed by atoms with Gasteiger partial charge in [0.2, 0.25) is 0 Å². The van der Waals surface area contributed by atoms with Gasteiger partial charge in [0.1, 0.15) is 11.5 Å². The molecule has 0 saturated heterocycles. The first kappa shape index (κ1) is 23.7. The van der Waals surface area contributed by atoms with Crippen molar-refractivity contribution in [2.24, 2.45) is 5.92 Å². The molecule has 2 aromatic rings. The Hall–Kier alpha value is -2.95. The van der Waals surface area contributed by atoms with E-state index in [-0.39, 0.29) is 5.57 Å². The molecule has 0 radical (unpaired) electrons. The number of hydrogen-bond acceptors (Lipinski definition) is 4. The van der Waals surface area contributed by atoms with E-state index in [1.807, 2.05) is 13.8 Å². The number of carbonyl (C=O) groups is 1. The lowest BCUT2D eigenvalue weighted by Crippen LogP contribution is -2.16. The van der Waals surface area contributed by atoms with Gasteiger partial charge in [-0.1, -0.05) is 31.4 Å². The highest BCUT2D eigenvalue weighted by molar-refractivity contribution is 5.93. The SMILES string of the molecule is COc1c(C)c(-c2ccc(NCC3CCCCC3)cc2)c(OC)c(C)c1C=C(C)C(=O)O. The van der Waals surface area contributed by atoms with Gasteiger partial charge in [-0.25, -0.2) is 4.79 Å². The van der Waals surface area contributed by atoms with Crippen molar-refractivity contribution in [3.63, 3.8) is 0 Å². The minimum Gasteiger partial charge on any atom is -0.496 e. The van der Waals surface area contributed by atoms with Crippen molar-refractivity contribution < 1.29 is 19.4 Å². The van der Waals surface area contributed by atoms with E-state index in [2.05, 4.69) is 29.6 Å². The van der Waals surface area contributed by atoms with Crippen LogP contribution in [0, 0.1) is 19.8 Å². The number of ether oxygens (including phenoxy) is 2. The van der Waals surface area contributed by atoms with Crippen LogP contribution in [0.25, 0.3) is 17.2 Å². The lowest BCUT2D eigenvalue weighted by molar-refractivity contribution is -0.132. The van der Waals surface area contributed by atoms with Gasteiger partial charge in [-0.2, -0.15) is 0 Å². The summed E-state index contributed by atoms with van der Waals surface area (Å²) in [5.41, 5.74) is 5.87. The van der Waals surface area contributed by atoms with E-state index in [0.29, 0.717) is 5.75 Å². The average Bonchev–Trinajstić information content (AvgIpc) is 2.80. The molecule has 1 aliphatic rings. The Balaban J connectivity index is 1.95. The van der Waals surface area contributed by atoms with Gasteiger partial charge in [-0.3, -0.25) is 0 Å². The molecule has 0 spiro atoms. The minimum atomic E-state index is -0.955. The Morgan fingerprint density at radius 3 is 2.22 bits per heavy atom. The van der Waals surface area contributed by atoms with Crippen molar-refractivity contribution >= 4 is 17.7 Å². The zero-order valence-corrected chi connectivity index (χ0v) is 19.9. The third-order valence-electron chi connectivity index (χ3n) is 6.53. The number of carboxylic acid groups (broad SMARTS) is 1. The van der Waals surface area contributed by atoms with Crippen molar-refractivity contribution in [1.82, 2.24) is 0 Å². The van der Waals surface area contributed by atoms with Crippen molar-refractivity contribution in [2.45, 2.75) is 52.9 Å². The Labute approximate surface area is 191 Å². The molecule has 0 aliphatic heterocycles. The monoisotopic (exact) mass is 437 g/mol. The quantitative estimate of drug-likeness (QED) is 0.463. The van der Waals surface area contributed by atoms with Crippen LogP contribution in [0.5, 0.6) is 11.5 Å². The molecule has 0 unspecified atom stereocenters. The fourth-order valence-electron chi connectivity index (χ4n) is 4.69. The molecule has 3 rings (SSSR count). The maximum Gasteiger partial charge on any atom is 0.331 e. The molecule has 1 aliphatic carbocycles. The van der Waals surface area contributed by atoms with Crippen molar-refractivity contribution in [2.75, 3.05) is 26.1 Å². The normalized spacial score (nSPS) is 14.8. The predicted octanol–water partition coefficient (Wildman–Crippen LogP) is 6.47. The van der Waals surface area contributed by atoms with E-state index in [1.165, 1.54) is 32.1 Å². The molecule has 2 N–H and O–H groups in total. The number of anilines is 1. The summed E-state index contributed by atoms with van der Waals surface area (Å²) in [6.07, 6.45) is 8.37. The first-order valence-corrected chi connectivity index (χ1v) is 11.4. The molecule has 0 heterocycles. The molecule has 1 saturated carbocycles. The van der Waals surface area contributed by atoms with Crippen LogP contribution in [0.15, 0.2) is 29.8 Å². The molecule has 0 atom stereocenters. The van der Waals surface area contributed by atoms with Crippen molar-refractivity contribution in [1.29, 1.82) is 0 Å². The summed E-state index contributed by atoms with van der Waals surface area (Å²) in [7, 11) is 3.26. The number of carboxylic acids is 1. The highest BCUT2D eigenvalue weighted by atomic mass is 16.5. The van der Waals surface area contributed by atoms with Crippen LogP contribution in [0.4, 0.5) is 5.69 Å². The van der Waals surface area contributed by atoms with E-state index in [0.717, 1.165) is 51.7 Å². The number of nitrogens with one attached hydrogen (secondary N) is 1. The second kappa shape index (κ2) is 10.6. The smallest absolute Gasteiger partial charge is 0.331 e. The van der Waals surface area contributed by atoms with Gasteiger partial charge in [0.15, 0.2) is 0 Å². The lowest BCUT2D eigenvalue weighted by Gasteiger charge is -2.23. The maximum atomic E-state index is 11.4. The zero-order chi connectivity index (χ0) is 23.3. The molecule has 32 heavy (non-hydrogen) atoms. The van der Waals surface area contributed by atoms with E-state index < -0.39 is 5.97 Å². The van der Waals surface area contributed by atoms with Crippen LogP contribution in [-0.4, -0.2) is 31.8 Å². The third kappa shape index (κ3) is 5.09. The van der Waals surface area contributed by atoms with E-state index in [9.17, 15) is 9.90 Å². The second-order valence-corrected chi connectivity index (χ2v) is 8.70. The fraction of sp³-hybridized carbons (Fsp3) is 0.444. The Bertz CT molecular complexity index is 986. The molecular weight excluding hydrogens is 402 g/mol. The van der Waals surface area contributed by atoms with Crippen molar-refractivity contribution in [3.05, 3.63) is 46.5 Å². The predicted molar refractivity (Wildman–Crippen MR) is 131 cm³/mol. The Kier molecular flexibility index (Phi) is 7.84. The molecule has 2 aromatic carbocycles. The number of methoxy groups -OCH3 is 2. The number of aliphatic carboxylic acids is 1. The number of rotatable bonds is 8. The molecule has 5 nitrogen and oxygen atoms in total. The molecule has 0 aromatic heterocycles. The van der Waals surface area contributed by atoms with Gasteiger partial charge >= 0.3 is 5.97 Å². The summed E-state index contributed by atoms with van der Waals surface area (Å²) in [5, 5.41) is 12.9. The van der Waals surface area contributed by atoms with Crippen LogP contribution < -0.4 is 14.8 Å². The summed E-state index contributed by atoms with van der Waals surface area (Å²) < 4.78 is 11.5. The van der Waals surface area contributed by atoms with Gasteiger partial charge in [0, 0.05) is 40.1 Å². The molecule has 5 heteroatoms. The highest BCUT2D eigenvalue weighted by Crippen LogP contribution is 2.44. The second-order valence-electron chi connectivity index (χ2n) is 8.70. The van der Waals surface area contributed by atoms with Gasteiger partial charge < -0.3 is 19.9 Å². The van der Waals surface area contributed by atoms with Crippen LogP contribution in [0.2, 0.25) is 0 Å². The largest absolute Gasteiger partial charge is 0.496 e. The highest BCUT2D eigenvalue weighted by Gasteiger charge is 2.22. The number of hydrogen-bond donors (Lipinski definition) is 2. The topological polar surface area (TPSA) is 67.8 Å². The van der Waals surface area contributed by atoms with Crippen LogP contribution in [0.1, 0.15) is 55.7 Å². The van der Waals surface area contributed by atoms with E-state index >= 15 is 0 Å². The summed E-state index contributed by atoms with van der Waals surface area (Å²) in [6, 6.07) is 8.43. The average molecular weight is 438 g/mol. The molecule has 0 amide bonds. The van der Waals surface area contributed by atoms with Gasteiger partial charge in [-0.15, -0.1) is 0 Å². The number of benzene rings is 2. The zero-order valence-electron chi connectivity index (χ0n) is 19.9. The molecule has 0 bridgehead atoms. The van der Waals surface area contributed by atoms with Crippen LogP contribution >= 0.6 is 0 Å². The van der Waals surface area contributed by atoms with E-state index in [1.54, 1.807) is 27.2 Å². The summed E-state index contributed by atoms with van der Waals surface area (Å²) >= 11 is 0. The van der Waals surface area contributed by atoms with Crippen molar-refractivity contribution in [3.8, 4) is 22.6 Å².